The van der Waals surface area contributed by atoms with Crippen molar-refractivity contribution in [1.82, 2.24) is 0 Å². The predicted octanol–water partition coefficient (Wildman–Crippen LogP) is 3.27. The summed E-state index contributed by atoms with van der Waals surface area (Å²) >= 11 is 6.06. The topological polar surface area (TPSA) is 38.7 Å². The first kappa shape index (κ1) is 12.3. The molecule has 1 N–H and O–H groups in total. The molecule has 0 amide bonds. The second kappa shape index (κ2) is 5.11. The van der Waals surface area contributed by atoms with Crippen molar-refractivity contribution in [3.63, 3.8) is 0 Å². The predicted molar refractivity (Wildman–Crippen MR) is 73.8 cm³/mol. The van der Waals surface area contributed by atoms with Gasteiger partial charge in [0, 0.05) is 5.02 Å². The number of aliphatic hydroxyl groups excluding tert-OH is 1. The van der Waals surface area contributed by atoms with Crippen LogP contribution in [0.1, 0.15) is 5.56 Å². The molecule has 0 aromatic heterocycles. The zero-order valence-electron chi connectivity index (χ0n) is 10.2. The lowest BCUT2D eigenvalue weighted by atomic mass is 10.0. The Labute approximate surface area is 116 Å². The van der Waals surface area contributed by atoms with E-state index >= 15 is 0 Å². The molecule has 0 bridgehead atoms. The Morgan fingerprint density at radius 2 is 1.74 bits per heavy atom. The van der Waals surface area contributed by atoms with Gasteiger partial charge in [-0.25, -0.2) is 0 Å². The Morgan fingerprint density at radius 3 is 2.53 bits per heavy atom. The molecule has 1 aliphatic rings. The third-order valence-corrected chi connectivity index (χ3v) is 3.23. The highest BCUT2D eigenvalue weighted by Crippen LogP contribution is 2.35. The minimum atomic E-state index is -0.0297. The van der Waals surface area contributed by atoms with Gasteiger partial charge in [0.1, 0.15) is 13.2 Å². The minimum Gasteiger partial charge on any atom is -0.486 e. The van der Waals surface area contributed by atoms with E-state index in [1.165, 1.54) is 0 Å². The van der Waals surface area contributed by atoms with Gasteiger partial charge in [-0.05, 0) is 47.0 Å². The number of rotatable bonds is 2. The van der Waals surface area contributed by atoms with Crippen molar-refractivity contribution in [2.45, 2.75) is 6.61 Å². The average molecular weight is 277 g/mol. The molecule has 0 saturated heterocycles. The summed E-state index contributed by atoms with van der Waals surface area (Å²) in [4.78, 5) is 0. The molecule has 19 heavy (non-hydrogen) atoms. The van der Waals surface area contributed by atoms with Crippen LogP contribution in [0.3, 0.4) is 0 Å². The van der Waals surface area contributed by atoms with Gasteiger partial charge < -0.3 is 14.6 Å². The van der Waals surface area contributed by atoms with Gasteiger partial charge in [-0.2, -0.15) is 0 Å². The van der Waals surface area contributed by atoms with Crippen molar-refractivity contribution in [2.75, 3.05) is 13.2 Å². The molecule has 0 saturated carbocycles. The maximum absolute atomic E-state index is 9.22. The quantitative estimate of drug-likeness (QED) is 0.915. The second-order valence-electron chi connectivity index (χ2n) is 4.36. The lowest BCUT2D eigenvalue weighted by molar-refractivity contribution is 0.171. The van der Waals surface area contributed by atoms with E-state index in [1.54, 1.807) is 6.07 Å². The van der Waals surface area contributed by atoms with Gasteiger partial charge in [0.15, 0.2) is 11.5 Å². The Balaban J connectivity index is 2.04. The van der Waals surface area contributed by atoms with Gasteiger partial charge in [0.2, 0.25) is 0 Å². The fraction of sp³-hybridized carbons (Fsp3) is 0.200. The molecule has 0 radical (unpaired) electrons. The minimum absolute atomic E-state index is 0.0297. The SMILES string of the molecule is OCc1cc(Cl)cc(-c2ccc3c(c2)OCCO3)c1. The first-order chi connectivity index (χ1) is 9.26. The molecule has 0 spiro atoms. The van der Waals surface area contributed by atoms with E-state index in [0.717, 1.165) is 28.2 Å². The van der Waals surface area contributed by atoms with Crippen LogP contribution in [0, 0.1) is 0 Å². The molecule has 2 aromatic carbocycles. The van der Waals surface area contributed by atoms with E-state index in [2.05, 4.69) is 0 Å². The van der Waals surface area contributed by atoms with Gasteiger partial charge >= 0.3 is 0 Å². The largest absolute Gasteiger partial charge is 0.486 e. The third kappa shape index (κ3) is 2.53. The normalized spacial score (nSPS) is 13.4. The molecule has 1 aliphatic heterocycles. The molecular formula is C15H13ClO3. The molecular weight excluding hydrogens is 264 g/mol. The van der Waals surface area contributed by atoms with Crippen molar-refractivity contribution in [3.05, 3.63) is 47.0 Å². The molecule has 0 unspecified atom stereocenters. The summed E-state index contributed by atoms with van der Waals surface area (Å²) in [5.74, 6) is 1.51. The number of hydrogen-bond acceptors (Lipinski definition) is 3. The maximum atomic E-state index is 9.22. The van der Waals surface area contributed by atoms with Gasteiger partial charge in [0.05, 0.1) is 6.61 Å². The molecule has 0 aliphatic carbocycles. The number of fused-ring (bicyclic) bond motifs is 1. The fourth-order valence-corrected chi connectivity index (χ4v) is 2.39. The molecule has 3 rings (SSSR count). The molecule has 1 heterocycles. The van der Waals surface area contributed by atoms with E-state index < -0.39 is 0 Å². The smallest absolute Gasteiger partial charge is 0.161 e. The van der Waals surface area contributed by atoms with Gasteiger partial charge in [0.25, 0.3) is 0 Å². The number of halogens is 1. The Morgan fingerprint density at radius 1 is 0.947 bits per heavy atom. The zero-order chi connectivity index (χ0) is 13.2. The van der Waals surface area contributed by atoms with E-state index in [4.69, 9.17) is 21.1 Å². The zero-order valence-corrected chi connectivity index (χ0v) is 11.0. The first-order valence-electron chi connectivity index (χ1n) is 6.06. The summed E-state index contributed by atoms with van der Waals surface area (Å²) in [6, 6.07) is 11.3. The molecule has 98 valence electrons. The fourth-order valence-electron chi connectivity index (χ4n) is 2.13. The lowest BCUT2D eigenvalue weighted by Gasteiger charge is -2.19. The van der Waals surface area contributed by atoms with Crippen molar-refractivity contribution < 1.29 is 14.6 Å². The van der Waals surface area contributed by atoms with Crippen LogP contribution in [0.2, 0.25) is 5.02 Å². The highest BCUT2D eigenvalue weighted by atomic mass is 35.5. The summed E-state index contributed by atoms with van der Waals surface area (Å²) < 4.78 is 11.1. The van der Waals surface area contributed by atoms with E-state index in [0.29, 0.717) is 18.2 Å². The first-order valence-corrected chi connectivity index (χ1v) is 6.44. The average Bonchev–Trinajstić information content (AvgIpc) is 2.46. The van der Waals surface area contributed by atoms with E-state index in [9.17, 15) is 5.11 Å². The summed E-state index contributed by atoms with van der Waals surface area (Å²) in [7, 11) is 0. The maximum Gasteiger partial charge on any atom is 0.161 e. The standard InChI is InChI=1S/C15H13ClO3/c16-13-6-10(9-17)5-12(7-13)11-1-2-14-15(8-11)19-4-3-18-14/h1-2,5-8,17H,3-4,9H2. The summed E-state index contributed by atoms with van der Waals surface area (Å²) in [6.45, 7) is 1.12. The number of aliphatic hydroxyl groups is 1. The third-order valence-electron chi connectivity index (χ3n) is 3.02. The van der Waals surface area contributed by atoms with Gasteiger partial charge in [-0.15, -0.1) is 0 Å². The summed E-state index contributed by atoms with van der Waals surface area (Å²) in [6.07, 6.45) is 0. The molecule has 2 aromatic rings. The van der Waals surface area contributed by atoms with Gasteiger partial charge in [-0.1, -0.05) is 17.7 Å². The van der Waals surface area contributed by atoms with Crippen LogP contribution in [-0.4, -0.2) is 18.3 Å². The number of ether oxygens (including phenoxy) is 2. The number of hydrogen-bond donors (Lipinski definition) is 1. The van der Waals surface area contributed by atoms with Crippen LogP contribution in [0.15, 0.2) is 36.4 Å². The van der Waals surface area contributed by atoms with Crippen molar-refractivity contribution in [2.24, 2.45) is 0 Å². The molecule has 0 fully saturated rings. The Hall–Kier alpha value is -1.71. The Bertz CT molecular complexity index is 610. The molecule has 4 heteroatoms. The van der Waals surface area contributed by atoms with Gasteiger partial charge in [-0.3, -0.25) is 0 Å². The van der Waals surface area contributed by atoms with Crippen LogP contribution >= 0.6 is 11.6 Å². The van der Waals surface area contributed by atoms with Crippen LogP contribution < -0.4 is 9.47 Å². The van der Waals surface area contributed by atoms with E-state index in [-0.39, 0.29) is 6.61 Å². The monoisotopic (exact) mass is 276 g/mol. The molecule has 0 atom stereocenters. The summed E-state index contributed by atoms with van der Waals surface area (Å²) in [5, 5.41) is 9.83. The highest BCUT2D eigenvalue weighted by molar-refractivity contribution is 6.31. The van der Waals surface area contributed by atoms with Crippen molar-refractivity contribution in [3.8, 4) is 22.6 Å². The van der Waals surface area contributed by atoms with Crippen LogP contribution in [-0.2, 0) is 6.61 Å². The molecule has 3 nitrogen and oxygen atoms in total. The van der Waals surface area contributed by atoms with Crippen LogP contribution in [0.5, 0.6) is 11.5 Å². The van der Waals surface area contributed by atoms with Crippen LogP contribution in [0.4, 0.5) is 0 Å². The lowest BCUT2D eigenvalue weighted by Crippen LogP contribution is -2.15. The number of benzene rings is 2. The van der Waals surface area contributed by atoms with E-state index in [1.807, 2.05) is 30.3 Å². The van der Waals surface area contributed by atoms with Crippen molar-refractivity contribution in [1.29, 1.82) is 0 Å². The summed E-state index contributed by atoms with van der Waals surface area (Å²) in [5.41, 5.74) is 2.73. The second-order valence-corrected chi connectivity index (χ2v) is 4.80. The Kier molecular flexibility index (Phi) is 3.32. The highest BCUT2D eigenvalue weighted by Gasteiger charge is 2.12. The van der Waals surface area contributed by atoms with Crippen LogP contribution in [0.25, 0.3) is 11.1 Å². The van der Waals surface area contributed by atoms with Crippen molar-refractivity contribution >= 4 is 11.6 Å².